The summed E-state index contributed by atoms with van der Waals surface area (Å²) in [7, 11) is 1.54. The van der Waals surface area contributed by atoms with Gasteiger partial charge in [0.15, 0.2) is 11.9 Å². The lowest BCUT2D eigenvalue weighted by Crippen LogP contribution is -2.37. The minimum absolute atomic E-state index is 0.0278. The molecule has 0 fully saturated rings. The molecular weight excluding hydrogens is 348 g/mol. The van der Waals surface area contributed by atoms with Crippen molar-refractivity contribution in [2.75, 3.05) is 13.6 Å². The van der Waals surface area contributed by atoms with E-state index < -0.39 is 18.0 Å². The molecule has 0 radical (unpaired) electrons. The highest BCUT2D eigenvalue weighted by Crippen LogP contribution is 2.23. The second kappa shape index (κ2) is 8.81. The quantitative estimate of drug-likeness (QED) is 0.550. The van der Waals surface area contributed by atoms with Crippen molar-refractivity contribution < 1.29 is 23.5 Å². The molecule has 7 heteroatoms. The Labute approximate surface area is 157 Å². The molecule has 0 bridgehead atoms. The molecule has 2 rings (SSSR count). The van der Waals surface area contributed by atoms with Crippen molar-refractivity contribution in [2.45, 2.75) is 26.4 Å². The molecule has 140 valence electrons. The van der Waals surface area contributed by atoms with Gasteiger partial charge in [0.05, 0.1) is 12.5 Å². The average molecular weight is 368 g/mol. The molecule has 1 heterocycles. The standard InChI is InChI=1S/C20H20N2O5/c1-13(23)15-5-7-16(8-6-15)17-9-10-18(27-17)20(25)26-14(2)19(24)22(3)12-4-11-21/h5-10,14H,4,12H2,1-3H3/t14-/m0/s1. The zero-order valence-electron chi connectivity index (χ0n) is 15.4. The minimum Gasteiger partial charge on any atom is -0.449 e. The van der Waals surface area contributed by atoms with Crippen LogP contribution in [0.1, 0.15) is 41.2 Å². The van der Waals surface area contributed by atoms with Crippen LogP contribution in [0.3, 0.4) is 0 Å². The van der Waals surface area contributed by atoms with E-state index in [1.54, 1.807) is 37.4 Å². The summed E-state index contributed by atoms with van der Waals surface area (Å²) in [6.07, 6.45) is -0.794. The van der Waals surface area contributed by atoms with Gasteiger partial charge < -0.3 is 14.1 Å². The van der Waals surface area contributed by atoms with Crippen LogP contribution in [0.2, 0.25) is 0 Å². The first kappa shape index (κ1) is 19.9. The number of amides is 1. The maximum Gasteiger partial charge on any atom is 0.375 e. The van der Waals surface area contributed by atoms with Gasteiger partial charge in [-0.05, 0) is 26.0 Å². The summed E-state index contributed by atoms with van der Waals surface area (Å²) in [5, 5.41) is 8.57. The van der Waals surface area contributed by atoms with E-state index in [0.717, 1.165) is 0 Å². The molecule has 0 saturated carbocycles. The number of benzene rings is 1. The topological polar surface area (TPSA) is 101 Å². The fourth-order valence-corrected chi connectivity index (χ4v) is 2.38. The van der Waals surface area contributed by atoms with Gasteiger partial charge in [-0.2, -0.15) is 5.26 Å². The number of hydrogen-bond donors (Lipinski definition) is 0. The highest BCUT2D eigenvalue weighted by atomic mass is 16.6. The van der Waals surface area contributed by atoms with Crippen molar-refractivity contribution >= 4 is 17.7 Å². The largest absolute Gasteiger partial charge is 0.449 e. The molecule has 0 N–H and O–H groups in total. The van der Waals surface area contributed by atoms with Crippen molar-refractivity contribution in [3.05, 3.63) is 47.7 Å². The Balaban J connectivity index is 2.03. The monoisotopic (exact) mass is 368 g/mol. The molecule has 1 amide bonds. The molecule has 0 aliphatic heterocycles. The number of carbonyl (C=O) groups excluding carboxylic acids is 3. The second-order valence-electron chi connectivity index (χ2n) is 6.01. The minimum atomic E-state index is -0.996. The molecule has 0 aliphatic rings. The zero-order valence-corrected chi connectivity index (χ0v) is 15.4. The number of ketones is 1. The molecule has 1 atom stereocenters. The number of rotatable bonds is 7. The first-order valence-electron chi connectivity index (χ1n) is 8.37. The zero-order chi connectivity index (χ0) is 20.0. The highest BCUT2D eigenvalue weighted by molar-refractivity contribution is 5.94. The van der Waals surface area contributed by atoms with Gasteiger partial charge in [0.2, 0.25) is 5.76 Å². The van der Waals surface area contributed by atoms with Gasteiger partial charge in [-0.25, -0.2) is 4.79 Å². The van der Waals surface area contributed by atoms with E-state index >= 15 is 0 Å². The number of nitriles is 1. The predicted molar refractivity (Wildman–Crippen MR) is 96.9 cm³/mol. The summed E-state index contributed by atoms with van der Waals surface area (Å²) in [4.78, 5) is 37.0. The highest BCUT2D eigenvalue weighted by Gasteiger charge is 2.23. The molecular formula is C20H20N2O5. The molecule has 0 saturated heterocycles. The second-order valence-corrected chi connectivity index (χ2v) is 6.01. The fourth-order valence-electron chi connectivity index (χ4n) is 2.38. The molecule has 2 aromatic rings. The van der Waals surface area contributed by atoms with Gasteiger partial charge in [0.25, 0.3) is 5.91 Å². The first-order chi connectivity index (χ1) is 12.8. The lowest BCUT2D eigenvalue weighted by molar-refractivity contribution is -0.138. The Bertz CT molecular complexity index is 877. The summed E-state index contributed by atoms with van der Waals surface area (Å²) >= 11 is 0. The Morgan fingerprint density at radius 1 is 1.19 bits per heavy atom. The van der Waals surface area contributed by atoms with E-state index in [9.17, 15) is 14.4 Å². The third kappa shape index (κ3) is 5.05. The number of esters is 1. The molecule has 7 nitrogen and oxygen atoms in total. The van der Waals surface area contributed by atoms with Crippen LogP contribution in [0, 0.1) is 11.3 Å². The number of ether oxygens (including phenoxy) is 1. The lowest BCUT2D eigenvalue weighted by Gasteiger charge is -2.20. The van der Waals surface area contributed by atoms with Crippen LogP contribution in [-0.2, 0) is 9.53 Å². The molecule has 0 aliphatic carbocycles. The molecule has 1 aromatic heterocycles. The number of nitrogens with zero attached hydrogens (tertiary/aromatic N) is 2. The van der Waals surface area contributed by atoms with E-state index in [-0.39, 0.29) is 24.5 Å². The van der Waals surface area contributed by atoms with Crippen molar-refractivity contribution in [3.63, 3.8) is 0 Å². The summed E-state index contributed by atoms with van der Waals surface area (Å²) < 4.78 is 10.7. The smallest absolute Gasteiger partial charge is 0.375 e. The van der Waals surface area contributed by atoms with Crippen LogP contribution in [0.25, 0.3) is 11.3 Å². The van der Waals surface area contributed by atoms with Gasteiger partial charge in [-0.3, -0.25) is 9.59 Å². The molecule has 27 heavy (non-hydrogen) atoms. The van der Waals surface area contributed by atoms with Crippen molar-refractivity contribution in [1.29, 1.82) is 5.26 Å². The van der Waals surface area contributed by atoms with Crippen molar-refractivity contribution in [1.82, 2.24) is 4.90 Å². The fraction of sp³-hybridized carbons (Fsp3) is 0.300. The van der Waals surface area contributed by atoms with E-state index in [1.807, 2.05) is 6.07 Å². The van der Waals surface area contributed by atoms with E-state index in [4.69, 9.17) is 14.4 Å². The van der Waals surface area contributed by atoms with E-state index in [0.29, 0.717) is 16.9 Å². The van der Waals surface area contributed by atoms with Crippen LogP contribution < -0.4 is 0 Å². The summed E-state index contributed by atoms with van der Waals surface area (Å²) in [6, 6.07) is 11.8. The Morgan fingerprint density at radius 3 is 2.44 bits per heavy atom. The SMILES string of the molecule is CC(=O)c1ccc(-c2ccc(C(=O)O[C@@H](C)C(=O)N(C)CCC#N)o2)cc1. The first-order valence-corrected chi connectivity index (χ1v) is 8.37. The Hall–Kier alpha value is -3.40. The maximum atomic E-state index is 12.2. The molecule has 0 spiro atoms. The van der Waals surface area contributed by atoms with Crippen LogP contribution in [0.5, 0.6) is 0 Å². The van der Waals surface area contributed by atoms with E-state index in [2.05, 4.69) is 0 Å². The van der Waals surface area contributed by atoms with Crippen molar-refractivity contribution in [2.24, 2.45) is 0 Å². The van der Waals surface area contributed by atoms with Gasteiger partial charge in [-0.1, -0.05) is 24.3 Å². The van der Waals surface area contributed by atoms with Gasteiger partial charge in [-0.15, -0.1) is 0 Å². The Morgan fingerprint density at radius 2 is 1.85 bits per heavy atom. The van der Waals surface area contributed by atoms with Gasteiger partial charge >= 0.3 is 5.97 Å². The third-order valence-corrected chi connectivity index (χ3v) is 3.95. The lowest BCUT2D eigenvalue weighted by atomic mass is 10.1. The van der Waals surface area contributed by atoms with E-state index in [1.165, 1.54) is 24.8 Å². The third-order valence-electron chi connectivity index (χ3n) is 3.95. The van der Waals surface area contributed by atoms with Gasteiger partial charge in [0, 0.05) is 24.7 Å². The molecule has 1 aromatic carbocycles. The number of Topliss-reactive ketones (excluding diaryl/α,β-unsaturated/α-hetero) is 1. The van der Waals surface area contributed by atoms with Crippen molar-refractivity contribution in [3.8, 4) is 17.4 Å². The Kier molecular flexibility index (Phi) is 6.50. The maximum absolute atomic E-state index is 12.2. The number of hydrogen-bond acceptors (Lipinski definition) is 6. The van der Waals surface area contributed by atoms with Crippen LogP contribution in [0.15, 0.2) is 40.8 Å². The summed E-state index contributed by atoms with van der Waals surface area (Å²) in [5.41, 5.74) is 1.29. The van der Waals surface area contributed by atoms with Gasteiger partial charge in [0.1, 0.15) is 5.76 Å². The van der Waals surface area contributed by atoms with Crippen LogP contribution >= 0.6 is 0 Å². The van der Waals surface area contributed by atoms with Crippen LogP contribution in [0.4, 0.5) is 0 Å². The normalized spacial score (nSPS) is 11.3. The summed E-state index contributed by atoms with van der Waals surface area (Å²) in [6.45, 7) is 3.21. The average Bonchev–Trinajstić information content (AvgIpc) is 3.15. The predicted octanol–water partition coefficient (Wildman–Crippen LogP) is 3.07. The summed E-state index contributed by atoms with van der Waals surface area (Å²) in [5.74, 6) is -0.771. The number of furan rings is 1. The number of likely N-dealkylation sites (N-methyl/N-ethyl adjacent to an activating group) is 1. The number of carbonyl (C=O) groups is 3. The molecule has 0 unspecified atom stereocenters. The van der Waals surface area contributed by atoms with Crippen LogP contribution in [-0.4, -0.2) is 42.3 Å².